The number of nitrogens with zero attached hydrogens (tertiary/aromatic N) is 1. The van der Waals surface area contributed by atoms with Crippen molar-refractivity contribution < 1.29 is 14.7 Å². The van der Waals surface area contributed by atoms with Gasteiger partial charge in [0.2, 0.25) is 0 Å². The van der Waals surface area contributed by atoms with Gasteiger partial charge in [-0.1, -0.05) is 12.1 Å². The standard InChI is InChI=1S/C15H15N3O3/c1-9-5-6-17-14(12(9)13(16)19)18-8-10-3-2-4-11(7-10)15(20)21/h2-7H,8H2,1H3,(H2,16,19)(H,17,18)(H,20,21). The van der Waals surface area contributed by atoms with E-state index in [1.54, 1.807) is 37.4 Å². The summed E-state index contributed by atoms with van der Waals surface area (Å²) in [5.74, 6) is -1.14. The van der Waals surface area contributed by atoms with Crippen molar-refractivity contribution in [1.82, 2.24) is 4.98 Å². The molecule has 0 saturated carbocycles. The topological polar surface area (TPSA) is 105 Å². The number of carbonyl (C=O) groups excluding carboxylic acids is 1. The molecule has 0 aliphatic rings. The molecule has 0 unspecified atom stereocenters. The SMILES string of the molecule is Cc1ccnc(NCc2cccc(C(=O)O)c2)c1C(N)=O. The van der Waals surface area contributed by atoms with Gasteiger partial charge in [0.15, 0.2) is 0 Å². The molecule has 2 rings (SSSR count). The fraction of sp³-hybridized carbons (Fsp3) is 0.133. The highest BCUT2D eigenvalue weighted by Gasteiger charge is 2.12. The van der Waals surface area contributed by atoms with E-state index in [2.05, 4.69) is 10.3 Å². The molecule has 0 bridgehead atoms. The number of aromatic nitrogens is 1. The van der Waals surface area contributed by atoms with Crippen LogP contribution in [0.25, 0.3) is 0 Å². The number of rotatable bonds is 5. The predicted octanol–water partition coefficient (Wildman–Crippen LogP) is 1.80. The van der Waals surface area contributed by atoms with Gasteiger partial charge in [-0.2, -0.15) is 0 Å². The third-order valence-electron chi connectivity index (χ3n) is 3.04. The second kappa shape index (κ2) is 6.04. The number of anilines is 1. The number of carboxylic acids is 1. The number of primary amides is 1. The molecule has 0 fully saturated rings. The zero-order valence-corrected chi connectivity index (χ0v) is 11.5. The smallest absolute Gasteiger partial charge is 0.335 e. The van der Waals surface area contributed by atoms with Crippen LogP contribution in [0.1, 0.15) is 31.8 Å². The van der Waals surface area contributed by atoms with Gasteiger partial charge in [-0.15, -0.1) is 0 Å². The van der Waals surface area contributed by atoms with Crippen molar-refractivity contribution in [2.24, 2.45) is 5.73 Å². The van der Waals surface area contributed by atoms with Crippen LogP contribution in [0, 0.1) is 6.92 Å². The van der Waals surface area contributed by atoms with Gasteiger partial charge in [-0.25, -0.2) is 9.78 Å². The van der Waals surface area contributed by atoms with Crippen LogP contribution in [0.15, 0.2) is 36.5 Å². The van der Waals surface area contributed by atoms with Crippen molar-refractivity contribution in [3.05, 3.63) is 58.8 Å². The molecule has 0 atom stereocenters. The lowest BCUT2D eigenvalue weighted by Gasteiger charge is -2.11. The van der Waals surface area contributed by atoms with Crippen molar-refractivity contribution in [1.29, 1.82) is 0 Å². The van der Waals surface area contributed by atoms with Crippen LogP contribution < -0.4 is 11.1 Å². The lowest BCUT2D eigenvalue weighted by atomic mass is 10.1. The van der Waals surface area contributed by atoms with Gasteiger partial charge in [-0.3, -0.25) is 4.79 Å². The first-order chi connectivity index (χ1) is 9.99. The summed E-state index contributed by atoms with van der Waals surface area (Å²) < 4.78 is 0. The summed E-state index contributed by atoms with van der Waals surface area (Å²) in [7, 11) is 0. The third kappa shape index (κ3) is 3.36. The van der Waals surface area contributed by atoms with Gasteiger partial charge in [-0.05, 0) is 36.2 Å². The molecule has 108 valence electrons. The number of hydrogen-bond donors (Lipinski definition) is 3. The molecule has 6 nitrogen and oxygen atoms in total. The minimum Gasteiger partial charge on any atom is -0.478 e. The van der Waals surface area contributed by atoms with Crippen molar-refractivity contribution in [2.45, 2.75) is 13.5 Å². The average Bonchev–Trinajstić information content (AvgIpc) is 2.45. The molecule has 1 aromatic carbocycles. The maximum atomic E-state index is 11.5. The molecular weight excluding hydrogens is 270 g/mol. The van der Waals surface area contributed by atoms with Crippen molar-refractivity contribution in [3.8, 4) is 0 Å². The number of pyridine rings is 1. The summed E-state index contributed by atoms with van der Waals surface area (Å²) >= 11 is 0. The summed E-state index contributed by atoms with van der Waals surface area (Å²) in [5.41, 5.74) is 7.41. The Morgan fingerprint density at radius 3 is 2.76 bits per heavy atom. The second-order valence-corrected chi connectivity index (χ2v) is 4.57. The zero-order chi connectivity index (χ0) is 15.4. The fourth-order valence-corrected chi connectivity index (χ4v) is 2.00. The molecule has 0 saturated heterocycles. The Kier molecular flexibility index (Phi) is 4.18. The van der Waals surface area contributed by atoms with E-state index in [1.807, 2.05) is 0 Å². The normalized spacial score (nSPS) is 10.1. The number of aryl methyl sites for hydroxylation is 1. The van der Waals surface area contributed by atoms with Gasteiger partial charge in [0, 0.05) is 12.7 Å². The van der Waals surface area contributed by atoms with E-state index in [0.717, 1.165) is 11.1 Å². The first-order valence-corrected chi connectivity index (χ1v) is 6.30. The molecule has 4 N–H and O–H groups in total. The van der Waals surface area contributed by atoms with Crippen LogP contribution >= 0.6 is 0 Å². The van der Waals surface area contributed by atoms with Crippen LogP contribution in [-0.4, -0.2) is 22.0 Å². The molecule has 1 aromatic heterocycles. The number of amides is 1. The van der Waals surface area contributed by atoms with Crippen LogP contribution in [0.3, 0.4) is 0 Å². The van der Waals surface area contributed by atoms with E-state index in [-0.39, 0.29) is 5.56 Å². The molecule has 2 aromatic rings. The first kappa shape index (κ1) is 14.5. The molecule has 21 heavy (non-hydrogen) atoms. The number of carboxylic acid groups (broad SMARTS) is 1. The van der Waals surface area contributed by atoms with E-state index < -0.39 is 11.9 Å². The molecule has 0 spiro atoms. The highest BCUT2D eigenvalue weighted by molar-refractivity contribution is 5.99. The summed E-state index contributed by atoms with van der Waals surface area (Å²) in [4.78, 5) is 26.5. The van der Waals surface area contributed by atoms with E-state index >= 15 is 0 Å². The van der Waals surface area contributed by atoms with E-state index in [4.69, 9.17) is 10.8 Å². The van der Waals surface area contributed by atoms with Gasteiger partial charge in [0.05, 0.1) is 11.1 Å². The summed E-state index contributed by atoms with van der Waals surface area (Å²) in [5, 5.41) is 12.0. The Morgan fingerprint density at radius 2 is 2.10 bits per heavy atom. The monoisotopic (exact) mass is 285 g/mol. The lowest BCUT2D eigenvalue weighted by Crippen LogP contribution is -2.17. The minimum atomic E-state index is -0.983. The lowest BCUT2D eigenvalue weighted by molar-refractivity contribution is 0.0696. The van der Waals surface area contributed by atoms with Crippen LogP contribution in [-0.2, 0) is 6.54 Å². The highest BCUT2D eigenvalue weighted by atomic mass is 16.4. The van der Waals surface area contributed by atoms with E-state index in [1.165, 1.54) is 6.07 Å². The maximum absolute atomic E-state index is 11.5. The Labute approximate surface area is 121 Å². The second-order valence-electron chi connectivity index (χ2n) is 4.57. The molecule has 0 aliphatic heterocycles. The number of benzene rings is 1. The molecule has 1 heterocycles. The Morgan fingerprint density at radius 1 is 1.33 bits per heavy atom. The Bertz CT molecular complexity index is 698. The van der Waals surface area contributed by atoms with Crippen molar-refractivity contribution in [2.75, 3.05) is 5.32 Å². The summed E-state index contributed by atoms with van der Waals surface area (Å²) in [6.45, 7) is 2.12. The van der Waals surface area contributed by atoms with E-state index in [0.29, 0.717) is 17.9 Å². The number of carbonyl (C=O) groups is 2. The minimum absolute atomic E-state index is 0.210. The molecule has 0 radical (unpaired) electrons. The van der Waals surface area contributed by atoms with Gasteiger partial charge in [0.25, 0.3) is 5.91 Å². The zero-order valence-electron chi connectivity index (χ0n) is 11.5. The van der Waals surface area contributed by atoms with Crippen LogP contribution in [0.5, 0.6) is 0 Å². The van der Waals surface area contributed by atoms with Gasteiger partial charge >= 0.3 is 5.97 Å². The van der Waals surface area contributed by atoms with Crippen molar-refractivity contribution in [3.63, 3.8) is 0 Å². The molecule has 1 amide bonds. The number of aromatic carboxylic acids is 1. The first-order valence-electron chi connectivity index (χ1n) is 6.30. The maximum Gasteiger partial charge on any atom is 0.335 e. The quantitative estimate of drug-likeness (QED) is 0.776. The number of nitrogens with two attached hydrogens (primary N) is 1. The summed E-state index contributed by atoms with van der Waals surface area (Å²) in [6, 6.07) is 8.25. The van der Waals surface area contributed by atoms with Crippen LogP contribution in [0.4, 0.5) is 5.82 Å². The highest BCUT2D eigenvalue weighted by Crippen LogP contribution is 2.17. The van der Waals surface area contributed by atoms with E-state index in [9.17, 15) is 9.59 Å². The average molecular weight is 285 g/mol. The number of hydrogen-bond acceptors (Lipinski definition) is 4. The van der Waals surface area contributed by atoms with Gasteiger partial charge in [0.1, 0.15) is 5.82 Å². The summed E-state index contributed by atoms with van der Waals surface area (Å²) in [6.07, 6.45) is 1.58. The van der Waals surface area contributed by atoms with Crippen LogP contribution in [0.2, 0.25) is 0 Å². The molecule has 6 heteroatoms. The Balaban J connectivity index is 2.21. The largest absolute Gasteiger partial charge is 0.478 e. The third-order valence-corrected chi connectivity index (χ3v) is 3.04. The Hall–Kier alpha value is -2.89. The molecule has 0 aliphatic carbocycles. The molecular formula is C15H15N3O3. The number of nitrogens with one attached hydrogen (secondary N) is 1. The fourth-order valence-electron chi connectivity index (χ4n) is 2.00. The van der Waals surface area contributed by atoms with Gasteiger partial charge < -0.3 is 16.2 Å². The van der Waals surface area contributed by atoms with Crippen molar-refractivity contribution >= 4 is 17.7 Å². The predicted molar refractivity (Wildman–Crippen MR) is 78.2 cm³/mol.